The number of hydrogen-bond donors (Lipinski definition) is 0. The number of benzene rings is 1. The van der Waals surface area contributed by atoms with Crippen LogP contribution in [0, 0.1) is 10.1 Å². The van der Waals surface area contributed by atoms with Crippen LogP contribution >= 0.6 is 0 Å². The smallest absolute Gasteiger partial charge is 0.269 e. The average molecular weight is 334 g/mol. The van der Waals surface area contributed by atoms with Crippen molar-refractivity contribution in [3.8, 4) is 11.5 Å². The Labute approximate surface area is 140 Å². The maximum Gasteiger partial charge on any atom is 0.269 e. The van der Waals surface area contributed by atoms with Crippen molar-refractivity contribution in [2.24, 2.45) is 10.2 Å². The molecule has 0 fully saturated rings. The fraction of sp³-hybridized carbons (Fsp3) is 0. The van der Waals surface area contributed by atoms with Gasteiger partial charge in [-0.2, -0.15) is 0 Å². The summed E-state index contributed by atoms with van der Waals surface area (Å²) in [5, 5.41) is 19.1. The van der Waals surface area contributed by atoms with Gasteiger partial charge in [-0.1, -0.05) is 0 Å². The van der Waals surface area contributed by atoms with Gasteiger partial charge in [-0.25, -0.2) is 9.97 Å². The van der Waals surface area contributed by atoms with Crippen molar-refractivity contribution in [2.45, 2.75) is 0 Å². The maximum atomic E-state index is 10.7. The van der Waals surface area contributed by atoms with Gasteiger partial charge in [0, 0.05) is 24.5 Å². The van der Waals surface area contributed by atoms with E-state index in [-0.39, 0.29) is 5.69 Å². The first-order valence-corrected chi connectivity index (χ1v) is 7.25. The van der Waals surface area contributed by atoms with Crippen LogP contribution in [0.25, 0.3) is 17.2 Å². The molecule has 0 aliphatic rings. The quantitative estimate of drug-likeness (QED) is 0.313. The lowest BCUT2D eigenvalue weighted by atomic mass is 10.3. The highest BCUT2D eigenvalue weighted by Crippen LogP contribution is 2.32. The van der Waals surface area contributed by atoms with Crippen molar-refractivity contribution in [3.05, 3.63) is 71.2 Å². The van der Waals surface area contributed by atoms with Gasteiger partial charge < -0.3 is 4.42 Å². The normalized spacial score (nSPS) is 11.4. The Bertz CT molecular complexity index is 1070. The van der Waals surface area contributed by atoms with Crippen LogP contribution in [-0.4, -0.2) is 19.3 Å². The Hall–Kier alpha value is -3.88. The Kier molecular flexibility index (Phi) is 3.51. The van der Waals surface area contributed by atoms with Crippen LogP contribution in [0.1, 0.15) is 0 Å². The second kappa shape index (κ2) is 5.96. The summed E-state index contributed by atoms with van der Waals surface area (Å²) in [5.74, 6) is 1.46. The maximum absolute atomic E-state index is 10.7. The molecule has 4 rings (SSSR count). The molecule has 3 heterocycles. The van der Waals surface area contributed by atoms with Gasteiger partial charge in [0.25, 0.3) is 5.69 Å². The number of hydrogen-bond acceptors (Lipinski definition) is 7. The van der Waals surface area contributed by atoms with Crippen LogP contribution < -0.4 is 0 Å². The Morgan fingerprint density at radius 2 is 1.96 bits per heavy atom. The minimum atomic E-state index is -0.466. The lowest BCUT2D eigenvalue weighted by Crippen LogP contribution is -1.85. The van der Waals surface area contributed by atoms with Gasteiger partial charge in [-0.3, -0.25) is 14.5 Å². The van der Waals surface area contributed by atoms with Gasteiger partial charge in [-0.15, -0.1) is 10.2 Å². The van der Waals surface area contributed by atoms with E-state index in [1.54, 1.807) is 41.3 Å². The number of nitrogens with zero attached hydrogens (tertiary/aromatic N) is 6. The standard InChI is InChI=1S/C16H10N6O3/c23-22(24)12-6-4-11(5-7-12)19-20-15-14(13-3-1-10-25-13)18-16-17-8-2-9-21(15)16/h1-10H. The first-order chi connectivity index (χ1) is 12.2. The summed E-state index contributed by atoms with van der Waals surface area (Å²) in [7, 11) is 0. The number of azo groups is 1. The molecular formula is C16H10N6O3. The minimum Gasteiger partial charge on any atom is -0.463 e. The zero-order valence-corrected chi connectivity index (χ0v) is 12.7. The van der Waals surface area contributed by atoms with Crippen LogP contribution in [0.2, 0.25) is 0 Å². The number of furan rings is 1. The summed E-state index contributed by atoms with van der Waals surface area (Å²) < 4.78 is 7.09. The van der Waals surface area contributed by atoms with E-state index in [1.807, 2.05) is 0 Å². The first-order valence-electron chi connectivity index (χ1n) is 7.25. The molecule has 4 aromatic rings. The second-order valence-corrected chi connectivity index (χ2v) is 5.02. The van der Waals surface area contributed by atoms with Crippen molar-refractivity contribution in [2.75, 3.05) is 0 Å². The van der Waals surface area contributed by atoms with Crippen LogP contribution in [0.15, 0.2) is 75.8 Å². The monoisotopic (exact) mass is 334 g/mol. The molecule has 0 spiro atoms. The number of aromatic nitrogens is 3. The summed E-state index contributed by atoms with van der Waals surface area (Å²) in [6.45, 7) is 0. The lowest BCUT2D eigenvalue weighted by molar-refractivity contribution is -0.384. The fourth-order valence-electron chi connectivity index (χ4n) is 2.30. The van der Waals surface area contributed by atoms with Crippen LogP contribution in [0.3, 0.4) is 0 Å². The fourth-order valence-corrected chi connectivity index (χ4v) is 2.30. The number of nitro benzene ring substituents is 1. The number of nitro groups is 1. The minimum absolute atomic E-state index is 0.00535. The summed E-state index contributed by atoms with van der Waals surface area (Å²) in [6.07, 6.45) is 4.95. The summed E-state index contributed by atoms with van der Waals surface area (Å²) >= 11 is 0. The van der Waals surface area contributed by atoms with E-state index < -0.39 is 4.92 Å². The van der Waals surface area contributed by atoms with E-state index in [4.69, 9.17) is 4.42 Å². The van der Waals surface area contributed by atoms with Gasteiger partial charge in [0.1, 0.15) is 0 Å². The van der Waals surface area contributed by atoms with Gasteiger partial charge in [0.2, 0.25) is 5.78 Å². The highest BCUT2D eigenvalue weighted by atomic mass is 16.6. The molecule has 1 aromatic carbocycles. The third-order valence-corrected chi connectivity index (χ3v) is 3.45. The van der Waals surface area contributed by atoms with Crippen LogP contribution in [0.5, 0.6) is 0 Å². The van der Waals surface area contributed by atoms with Crippen molar-refractivity contribution >= 4 is 23.0 Å². The van der Waals surface area contributed by atoms with Gasteiger partial charge in [-0.05, 0) is 30.3 Å². The third kappa shape index (κ3) is 2.74. The molecule has 0 unspecified atom stereocenters. The summed E-state index contributed by atoms with van der Waals surface area (Å²) in [4.78, 5) is 18.8. The molecule has 0 atom stereocenters. The highest BCUT2D eigenvalue weighted by Gasteiger charge is 2.16. The first kappa shape index (κ1) is 14.7. The van der Waals surface area contributed by atoms with Crippen LogP contribution in [-0.2, 0) is 0 Å². The van der Waals surface area contributed by atoms with E-state index >= 15 is 0 Å². The van der Waals surface area contributed by atoms with Crippen molar-refractivity contribution < 1.29 is 9.34 Å². The SMILES string of the molecule is O=[N+]([O-])c1ccc(N=Nc2c(-c3ccco3)nc3ncccn23)cc1. The highest BCUT2D eigenvalue weighted by molar-refractivity contribution is 5.69. The molecule has 9 heteroatoms. The molecule has 0 saturated heterocycles. The number of fused-ring (bicyclic) bond motifs is 1. The molecule has 0 bridgehead atoms. The van der Waals surface area contributed by atoms with Crippen molar-refractivity contribution in [1.29, 1.82) is 0 Å². The second-order valence-electron chi connectivity index (χ2n) is 5.02. The predicted molar refractivity (Wildman–Crippen MR) is 88.0 cm³/mol. The number of rotatable bonds is 4. The molecular weight excluding hydrogens is 324 g/mol. The molecule has 0 amide bonds. The molecule has 0 N–H and O–H groups in total. The number of non-ortho nitro benzene ring substituents is 1. The average Bonchev–Trinajstić information content (AvgIpc) is 3.28. The molecule has 122 valence electrons. The zero-order valence-electron chi connectivity index (χ0n) is 12.7. The molecule has 0 radical (unpaired) electrons. The molecule has 0 aliphatic heterocycles. The van der Waals surface area contributed by atoms with Crippen molar-refractivity contribution in [1.82, 2.24) is 14.4 Å². The van der Waals surface area contributed by atoms with E-state index in [1.165, 1.54) is 24.3 Å². The largest absolute Gasteiger partial charge is 0.463 e. The van der Waals surface area contributed by atoms with Gasteiger partial charge in [0.15, 0.2) is 17.3 Å². The van der Waals surface area contributed by atoms with E-state index in [0.717, 1.165) is 0 Å². The van der Waals surface area contributed by atoms with Crippen molar-refractivity contribution in [3.63, 3.8) is 0 Å². The molecule has 25 heavy (non-hydrogen) atoms. The molecule has 0 saturated carbocycles. The lowest BCUT2D eigenvalue weighted by Gasteiger charge is -1.96. The van der Waals surface area contributed by atoms with Crippen LogP contribution in [0.4, 0.5) is 17.2 Å². The van der Waals surface area contributed by atoms with E-state index in [9.17, 15) is 10.1 Å². The predicted octanol–water partition coefficient (Wildman–Crippen LogP) is 4.31. The van der Waals surface area contributed by atoms with E-state index in [0.29, 0.717) is 28.7 Å². The topological polar surface area (TPSA) is 111 Å². The Morgan fingerprint density at radius 1 is 1.12 bits per heavy atom. The molecule has 0 aliphatic carbocycles. The molecule has 3 aromatic heterocycles. The van der Waals surface area contributed by atoms with Gasteiger partial charge >= 0.3 is 0 Å². The molecule has 9 nitrogen and oxygen atoms in total. The zero-order chi connectivity index (χ0) is 17.2. The van der Waals surface area contributed by atoms with Gasteiger partial charge in [0.05, 0.1) is 16.9 Å². The van der Waals surface area contributed by atoms with E-state index in [2.05, 4.69) is 20.2 Å². The summed E-state index contributed by atoms with van der Waals surface area (Å²) in [5.41, 5.74) is 0.985. The summed E-state index contributed by atoms with van der Waals surface area (Å²) in [6, 6.07) is 11.1. The Balaban J connectivity index is 1.77. The Morgan fingerprint density at radius 3 is 2.68 bits per heavy atom. The number of imidazole rings is 1. The third-order valence-electron chi connectivity index (χ3n) is 3.45.